The van der Waals surface area contributed by atoms with E-state index in [0.717, 1.165) is 12.3 Å². The smallest absolute Gasteiger partial charge is 0.0434 e. The predicted octanol–water partition coefficient (Wildman–Crippen LogP) is 0.786. The largest absolute Gasteiger partial charge is 0.396 e. The molecule has 0 saturated carbocycles. The maximum absolute atomic E-state index is 8.89. The van der Waals surface area contributed by atoms with Gasteiger partial charge < -0.3 is 14.9 Å². The van der Waals surface area contributed by atoms with E-state index in [1.807, 2.05) is 0 Å². The highest BCUT2D eigenvalue weighted by Gasteiger charge is 2.22. The Kier molecular flexibility index (Phi) is 4.42. The van der Waals surface area contributed by atoms with Gasteiger partial charge in [0.05, 0.1) is 0 Å². The van der Waals surface area contributed by atoms with Crippen molar-refractivity contribution in [1.82, 2.24) is 9.80 Å². The molecule has 2 aliphatic heterocycles. The van der Waals surface area contributed by atoms with E-state index in [4.69, 9.17) is 5.11 Å². The lowest BCUT2D eigenvalue weighted by Crippen LogP contribution is -2.32. The van der Waals surface area contributed by atoms with E-state index < -0.39 is 0 Å². The van der Waals surface area contributed by atoms with Gasteiger partial charge >= 0.3 is 0 Å². The average molecular weight is 212 g/mol. The Balaban J connectivity index is 1.59. The first-order valence-electron chi connectivity index (χ1n) is 6.44. The molecule has 2 rings (SSSR count). The lowest BCUT2D eigenvalue weighted by molar-refractivity contribution is 0.234. The van der Waals surface area contributed by atoms with Crippen LogP contribution in [-0.2, 0) is 0 Å². The molecule has 88 valence electrons. The van der Waals surface area contributed by atoms with Crippen LogP contribution in [0.25, 0.3) is 0 Å². The van der Waals surface area contributed by atoms with Gasteiger partial charge in [-0.2, -0.15) is 0 Å². The first-order valence-corrected chi connectivity index (χ1v) is 6.44. The number of hydrogen-bond acceptors (Lipinski definition) is 3. The van der Waals surface area contributed by atoms with Crippen LogP contribution in [-0.4, -0.2) is 60.8 Å². The lowest BCUT2D eigenvalue weighted by atomic mass is 10.1. The highest BCUT2D eigenvalue weighted by molar-refractivity contribution is 4.77. The van der Waals surface area contributed by atoms with E-state index in [-0.39, 0.29) is 0 Å². The third-order valence-electron chi connectivity index (χ3n) is 3.84. The van der Waals surface area contributed by atoms with Crippen LogP contribution in [0.2, 0.25) is 0 Å². The lowest BCUT2D eigenvalue weighted by Gasteiger charge is -2.20. The standard InChI is InChI=1S/C12H24N2O/c15-10-4-12-3-7-14(11-12)9-8-13-5-1-2-6-13/h12,15H,1-11H2. The molecule has 0 aliphatic carbocycles. The van der Waals surface area contributed by atoms with Gasteiger partial charge in [-0.25, -0.2) is 0 Å². The fraction of sp³-hybridized carbons (Fsp3) is 1.00. The zero-order chi connectivity index (χ0) is 10.5. The van der Waals surface area contributed by atoms with Gasteiger partial charge in [0.1, 0.15) is 0 Å². The summed E-state index contributed by atoms with van der Waals surface area (Å²) in [6, 6.07) is 0. The Morgan fingerprint density at radius 2 is 1.73 bits per heavy atom. The van der Waals surface area contributed by atoms with Crippen LogP contribution in [0.15, 0.2) is 0 Å². The van der Waals surface area contributed by atoms with Crippen LogP contribution in [0.3, 0.4) is 0 Å². The van der Waals surface area contributed by atoms with Crippen molar-refractivity contribution in [3.05, 3.63) is 0 Å². The highest BCUT2D eigenvalue weighted by atomic mass is 16.3. The minimum absolute atomic E-state index is 0.366. The molecule has 2 heterocycles. The summed E-state index contributed by atoms with van der Waals surface area (Å²) in [5.41, 5.74) is 0. The summed E-state index contributed by atoms with van der Waals surface area (Å²) in [6.45, 7) is 7.95. The molecule has 15 heavy (non-hydrogen) atoms. The minimum Gasteiger partial charge on any atom is -0.396 e. The van der Waals surface area contributed by atoms with Gasteiger partial charge in [-0.05, 0) is 51.2 Å². The molecule has 0 aromatic rings. The first-order chi connectivity index (χ1) is 7.38. The molecule has 0 aromatic carbocycles. The maximum Gasteiger partial charge on any atom is 0.0434 e. The van der Waals surface area contributed by atoms with E-state index in [9.17, 15) is 0 Å². The monoisotopic (exact) mass is 212 g/mol. The predicted molar refractivity (Wildman–Crippen MR) is 61.9 cm³/mol. The molecule has 1 atom stereocenters. The van der Waals surface area contributed by atoms with Gasteiger partial charge in [0, 0.05) is 26.2 Å². The summed E-state index contributed by atoms with van der Waals surface area (Å²) < 4.78 is 0. The van der Waals surface area contributed by atoms with Crippen molar-refractivity contribution in [2.45, 2.75) is 25.7 Å². The van der Waals surface area contributed by atoms with Crippen LogP contribution >= 0.6 is 0 Å². The molecule has 0 bridgehead atoms. The Bertz CT molecular complexity index is 180. The quantitative estimate of drug-likeness (QED) is 0.730. The summed E-state index contributed by atoms with van der Waals surface area (Å²) in [7, 11) is 0. The van der Waals surface area contributed by atoms with E-state index in [2.05, 4.69) is 9.80 Å². The first kappa shape index (κ1) is 11.4. The third-order valence-corrected chi connectivity index (χ3v) is 3.84. The Morgan fingerprint density at radius 3 is 2.47 bits per heavy atom. The molecule has 2 saturated heterocycles. The van der Waals surface area contributed by atoms with Crippen LogP contribution < -0.4 is 0 Å². The number of nitrogens with zero attached hydrogens (tertiary/aromatic N) is 2. The van der Waals surface area contributed by atoms with Gasteiger partial charge in [-0.1, -0.05) is 0 Å². The Labute approximate surface area is 93.1 Å². The van der Waals surface area contributed by atoms with Crippen molar-refractivity contribution in [2.75, 3.05) is 45.9 Å². The average Bonchev–Trinajstić information content (AvgIpc) is 2.85. The van der Waals surface area contributed by atoms with Crippen molar-refractivity contribution in [3.63, 3.8) is 0 Å². The number of aliphatic hydroxyl groups excluding tert-OH is 1. The van der Waals surface area contributed by atoms with Gasteiger partial charge in [-0.3, -0.25) is 0 Å². The summed E-state index contributed by atoms with van der Waals surface area (Å²) >= 11 is 0. The second-order valence-corrected chi connectivity index (χ2v) is 5.02. The molecule has 1 N–H and O–H groups in total. The van der Waals surface area contributed by atoms with E-state index >= 15 is 0 Å². The molecule has 1 unspecified atom stereocenters. The second kappa shape index (κ2) is 5.83. The molecule has 2 aliphatic rings. The summed E-state index contributed by atoms with van der Waals surface area (Å²) in [5.74, 6) is 0.758. The van der Waals surface area contributed by atoms with Crippen molar-refractivity contribution >= 4 is 0 Å². The molecule has 0 spiro atoms. The normalized spacial score (nSPS) is 29.0. The fourth-order valence-corrected chi connectivity index (χ4v) is 2.82. The maximum atomic E-state index is 8.89. The third kappa shape index (κ3) is 3.44. The summed E-state index contributed by atoms with van der Waals surface area (Å²) in [4.78, 5) is 5.15. The van der Waals surface area contributed by atoms with Crippen LogP contribution in [0, 0.1) is 5.92 Å². The van der Waals surface area contributed by atoms with Crippen LogP contribution in [0.1, 0.15) is 25.7 Å². The molecule has 0 radical (unpaired) electrons. The molecule has 0 aromatic heterocycles. The van der Waals surface area contributed by atoms with Crippen molar-refractivity contribution in [1.29, 1.82) is 0 Å². The zero-order valence-electron chi connectivity index (χ0n) is 9.70. The second-order valence-electron chi connectivity index (χ2n) is 5.02. The zero-order valence-corrected chi connectivity index (χ0v) is 9.70. The van der Waals surface area contributed by atoms with Crippen molar-refractivity contribution in [3.8, 4) is 0 Å². The van der Waals surface area contributed by atoms with E-state index in [0.29, 0.717) is 6.61 Å². The number of rotatable bonds is 5. The molecule has 0 amide bonds. The fourth-order valence-electron chi connectivity index (χ4n) is 2.82. The molecule has 3 nitrogen and oxygen atoms in total. The topological polar surface area (TPSA) is 26.7 Å². The van der Waals surface area contributed by atoms with Gasteiger partial charge in [0.25, 0.3) is 0 Å². The number of aliphatic hydroxyl groups is 1. The van der Waals surface area contributed by atoms with E-state index in [1.54, 1.807) is 0 Å². The highest BCUT2D eigenvalue weighted by Crippen LogP contribution is 2.19. The van der Waals surface area contributed by atoms with Crippen molar-refractivity contribution in [2.24, 2.45) is 5.92 Å². The minimum atomic E-state index is 0.366. The van der Waals surface area contributed by atoms with Crippen LogP contribution in [0.4, 0.5) is 0 Å². The summed E-state index contributed by atoms with van der Waals surface area (Å²) in [5, 5.41) is 8.89. The molecular formula is C12H24N2O. The van der Waals surface area contributed by atoms with Crippen LogP contribution in [0.5, 0.6) is 0 Å². The Morgan fingerprint density at radius 1 is 1.00 bits per heavy atom. The van der Waals surface area contributed by atoms with Gasteiger partial charge in [-0.15, -0.1) is 0 Å². The van der Waals surface area contributed by atoms with E-state index in [1.165, 1.54) is 58.5 Å². The van der Waals surface area contributed by atoms with Gasteiger partial charge in [0.15, 0.2) is 0 Å². The summed E-state index contributed by atoms with van der Waals surface area (Å²) in [6.07, 6.45) is 5.08. The Hall–Kier alpha value is -0.120. The molecule has 3 heteroatoms. The SMILES string of the molecule is OCCC1CCN(CCN2CCCC2)C1. The molecule has 2 fully saturated rings. The number of likely N-dealkylation sites (tertiary alicyclic amines) is 2. The van der Waals surface area contributed by atoms with Crippen molar-refractivity contribution < 1.29 is 5.11 Å². The molecular weight excluding hydrogens is 188 g/mol. The van der Waals surface area contributed by atoms with Gasteiger partial charge in [0.2, 0.25) is 0 Å². The number of hydrogen-bond donors (Lipinski definition) is 1.